The molecule has 0 fully saturated rings. The zero-order chi connectivity index (χ0) is 26.8. The highest BCUT2D eigenvalue weighted by molar-refractivity contribution is 7.20. The van der Waals surface area contributed by atoms with Gasteiger partial charge in [0.05, 0.1) is 6.61 Å². The van der Waals surface area contributed by atoms with Crippen molar-refractivity contribution in [2.24, 2.45) is 0 Å². The summed E-state index contributed by atoms with van der Waals surface area (Å²) in [5, 5.41) is 0.988. The second-order valence-corrected chi connectivity index (χ2v) is 12.1. The van der Waals surface area contributed by atoms with Crippen LogP contribution in [0.2, 0.25) is 0 Å². The van der Waals surface area contributed by atoms with Crippen molar-refractivity contribution in [1.29, 1.82) is 0 Å². The fraction of sp³-hybridized carbons (Fsp3) is 0.433. The average Bonchev–Trinajstić information content (AvgIpc) is 3.20. The third-order valence-electron chi connectivity index (χ3n) is 5.98. The number of ether oxygens (including phenoxy) is 2. The Bertz CT molecular complexity index is 1270. The molecule has 0 aliphatic heterocycles. The molecule has 3 rings (SSSR count). The van der Waals surface area contributed by atoms with Crippen molar-refractivity contribution in [3.63, 3.8) is 0 Å². The second-order valence-electron chi connectivity index (χ2n) is 11.0. The molecular formula is C30H36F2O3S. The van der Waals surface area contributed by atoms with E-state index >= 15 is 0 Å². The molecule has 0 aliphatic rings. The van der Waals surface area contributed by atoms with Gasteiger partial charge in [-0.05, 0) is 59.6 Å². The molecule has 6 heteroatoms. The summed E-state index contributed by atoms with van der Waals surface area (Å²) in [4.78, 5) is 12.9. The Morgan fingerprint density at radius 2 is 1.72 bits per heavy atom. The van der Waals surface area contributed by atoms with Crippen molar-refractivity contribution in [2.45, 2.75) is 72.6 Å². The van der Waals surface area contributed by atoms with Crippen molar-refractivity contribution in [1.82, 2.24) is 0 Å². The highest BCUT2D eigenvalue weighted by atomic mass is 32.1. The number of carbonyl (C=O) groups excluding carboxylic acids is 1. The van der Waals surface area contributed by atoms with Gasteiger partial charge in [0, 0.05) is 32.2 Å². The van der Waals surface area contributed by atoms with Gasteiger partial charge in [-0.3, -0.25) is 0 Å². The van der Waals surface area contributed by atoms with E-state index in [1.54, 1.807) is 18.3 Å². The van der Waals surface area contributed by atoms with Crippen LogP contribution in [0.5, 0.6) is 5.75 Å². The summed E-state index contributed by atoms with van der Waals surface area (Å²) in [6.45, 7) is 16.0. The molecule has 3 aromatic rings. The van der Waals surface area contributed by atoms with Gasteiger partial charge in [0.15, 0.2) is 0 Å². The number of hydrogen-bond acceptors (Lipinski definition) is 4. The predicted molar refractivity (Wildman–Crippen MR) is 146 cm³/mol. The first kappa shape index (κ1) is 27.9. The zero-order valence-electron chi connectivity index (χ0n) is 22.4. The molecule has 0 bridgehead atoms. The highest BCUT2D eigenvalue weighted by Crippen LogP contribution is 2.46. The standard InChI is InChI=1S/C30H36F2O3S/c1-9-34-27(33)13-18(2)25-16-21-20(11-10-12-24(21)36-25)22-14-19(29(3,4)5)15-23(30(6,7)8)28(22)35-17-26(31)32/h10-16,26H,9,17H2,1-8H3/b18-13-. The van der Waals surface area contributed by atoms with Gasteiger partial charge in [-0.15, -0.1) is 11.3 Å². The Morgan fingerprint density at radius 3 is 2.31 bits per heavy atom. The molecule has 0 atom stereocenters. The second kappa shape index (κ2) is 10.7. The maximum Gasteiger partial charge on any atom is 0.331 e. The average molecular weight is 515 g/mol. The molecule has 0 aliphatic carbocycles. The first-order valence-electron chi connectivity index (χ1n) is 12.2. The summed E-state index contributed by atoms with van der Waals surface area (Å²) in [5.74, 6) is 0.123. The Labute approximate surface area is 217 Å². The Balaban J connectivity index is 2.30. The van der Waals surface area contributed by atoms with Gasteiger partial charge in [0.2, 0.25) is 0 Å². The molecular weight excluding hydrogens is 478 g/mol. The predicted octanol–water partition coefficient (Wildman–Crippen LogP) is 8.77. The molecule has 0 saturated carbocycles. The van der Waals surface area contributed by atoms with E-state index in [-0.39, 0.29) is 16.8 Å². The van der Waals surface area contributed by atoms with Crippen molar-refractivity contribution >= 4 is 33.0 Å². The summed E-state index contributed by atoms with van der Waals surface area (Å²) in [5.41, 5.74) is 4.07. The maximum absolute atomic E-state index is 13.3. The molecule has 3 nitrogen and oxygen atoms in total. The lowest BCUT2D eigenvalue weighted by atomic mass is 9.78. The molecule has 0 unspecified atom stereocenters. The quantitative estimate of drug-likeness (QED) is 0.233. The van der Waals surface area contributed by atoms with Crippen LogP contribution in [0.4, 0.5) is 8.78 Å². The van der Waals surface area contributed by atoms with Crippen LogP contribution in [-0.2, 0) is 20.4 Å². The monoisotopic (exact) mass is 514 g/mol. The third kappa shape index (κ3) is 6.33. The minimum absolute atomic E-state index is 0.150. The number of alkyl halides is 2. The largest absolute Gasteiger partial charge is 0.487 e. The van der Waals surface area contributed by atoms with E-state index in [0.29, 0.717) is 12.4 Å². The van der Waals surface area contributed by atoms with Gasteiger partial charge < -0.3 is 9.47 Å². The van der Waals surface area contributed by atoms with Crippen LogP contribution < -0.4 is 4.74 Å². The van der Waals surface area contributed by atoms with E-state index < -0.39 is 13.0 Å². The normalized spacial score (nSPS) is 12.9. The molecule has 194 valence electrons. The number of esters is 1. The first-order valence-corrected chi connectivity index (χ1v) is 13.0. The van der Waals surface area contributed by atoms with Gasteiger partial charge in [0.25, 0.3) is 6.43 Å². The summed E-state index contributed by atoms with van der Waals surface area (Å²) in [6, 6.07) is 12.2. The lowest BCUT2D eigenvalue weighted by Gasteiger charge is -2.29. The summed E-state index contributed by atoms with van der Waals surface area (Å²) >= 11 is 1.58. The molecule has 1 aromatic heterocycles. The number of hydrogen-bond donors (Lipinski definition) is 0. The van der Waals surface area contributed by atoms with Crippen LogP contribution >= 0.6 is 11.3 Å². The van der Waals surface area contributed by atoms with Crippen LogP contribution in [-0.4, -0.2) is 25.6 Å². The number of allylic oxidation sites excluding steroid dienone is 1. The number of benzene rings is 2. The molecule has 1 heterocycles. The summed E-state index contributed by atoms with van der Waals surface area (Å²) in [6.07, 6.45) is -1.07. The molecule has 0 N–H and O–H groups in total. The smallest absolute Gasteiger partial charge is 0.331 e. The Kier molecular flexibility index (Phi) is 8.29. The van der Waals surface area contributed by atoms with E-state index in [4.69, 9.17) is 9.47 Å². The number of rotatable bonds is 7. The number of halogens is 2. The van der Waals surface area contributed by atoms with E-state index in [1.165, 1.54) is 6.08 Å². The number of fused-ring (bicyclic) bond motifs is 1. The highest BCUT2D eigenvalue weighted by Gasteiger charge is 2.28. The summed E-state index contributed by atoms with van der Waals surface area (Å²) in [7, 11) is 0. The zero-order valence-corrected chi connectivity index (χ0v) is 23.2. The molecule has 0 radical (unpaired) electrons. The van der Waals surface area contributed by atoms with Crippen LogP contribution in [0, 0.1) is 0 Å². The number of thiophene rings is 1. The Morgan fingerprint density at radius 1 is 1.03 bits per heavy atom. The van der Waals surface area contributed by atoms with Crippen LogP contribution in [0.25, 0.3) is 26.8 Å². The van der Waals surface area contributed by atoms with Gasteiger partial charge in [-0.25, -0.2) is 13.6 Å². The lowest BCUT2D eigenvalue weighted by Crippen LogP contribution is -2.20. The topological polar surface area (TPSA) is 35.5 Å². The van der Waals surface area contributed by atoms with Crippen LogP contribution in [0.1, 0.15) is 71.4 Å². The number of carbonyl (C=O) groups is 1. The fourth-order valence-corrected chi connectivity index (χ4v) is 5.10. The van der Waals surface area contributed by atoms with E-state index in [1.807, 2.05) is 25.1 Å². The first-order chi connectivity index (χ1) is 16.7. The summed E-state index contributed by atoms with van der Waals surface area (Å²) < 4.78 is 38.5. The molecule has 0 spiro atoms. The minimum Gasteiger partial charge on any atom is -0.487 e. The van der Waals surface area contributed by atoms with Gasteiger partial charge in [-0.2, -0.15) is 0 Å². The maximum atomic E-state index is 13.3. The minimum atomic E-state index is -2.58. The van der Waals surface area contributed by atoms with Crippen molar-refractivity contribution in [3.05, 3.63) is 58.5 Å². The lowest BCUT2D eigenvalue weighted by molar-refractivity contribution is -0.137. The third-order valence-corrected chi connectivity index (χ3v) is 7.21. The Hall–Kier alpha value is -2.73. The molecule has 36 heavy (non-hydrogen) atoms. The van der Waals surface area contributed by atoms with Crippen molar-refractivity contribution in [3.8, 4) is 16.9 Å². The van der Waals surface area contributed by atoms with Crippen LogP contribution in [0.3, 0.4) is 0 Å². The molecule has 2 aromatic carbocycles. The fourth-order valence-electron chi connectivity index (χ4n) is 4.04. The SMILES string of the molecule is CCOC(=O)/C=C(/C)c1cc2c(-c3cc(C(C)(C)C)cc(C(C)(C)C)c3OCC(F)F)cccc2s1. The van der Waals surface area contributed by atoms with Crippen molar-refractivity contribution < 1.29 is 23.0 Å². The van der Waals surface area contributed by atoms with Gasteiger partial charge in [-0.1, -0.05) is 59.7 Å². The molecule has 0 amide bonds. The molecule has 0 saturated heterocycles. The van der Waals surface area contributed by atoms with E-state index in [9.17, 15) is 13.6 Å². The van der Waals surface area contributed by atoms with Gasteiger partial charge >= 0.3 is 5.97 Å². The van der Waals surface area contributed by atoms with E-state index in [2.05, 4.69) is 59.7 Å². The van der Waals surface area contributed by atoms with Gasteiger partial charge in [0.1, 0.15) is 12.4 Å². The van der Waals surface area contributed by atoms with Crippen LogP contribution in [0.15, 0.2) is 42.5 Å². The van der Waals surface area contributed by atoms with Crippen molar-refractivity contribution in [2.75, 3.05) is 13.2 Å². The van der Waals surface area contributed by atoms with E-state index in [0.717, 1.165) is 42.8 Å².